The number of likely N-dealkylation sites (tertiary alicyclic amines) is 2. The van der Waals surface area contributed by atoms with Gasteiger partial charge in [0, 0.05) is 18.7 Å². The highest BCUT2D eigenvalue weighted by Crippen LogP contribution is 2.37. The Morgan fingerprint density at radius 1 is 1.14 bits per heavy atom. The minimum Gasteiger partial charge on any atom is -0.464 e. The molecule has 7 heteroatoms. The van der Waals surface area contributed by atoms with E-state index in [1.165, 1.54) is 4.90 Å². The van der Waals surface area contributed by atoms with Crippen molar-refractivity contribution in [2.45, 2.75) is 58.2 Å². The summed E-state index contributed by atoms with van der Waals surface area (Å²) >= 11 is 0. The van der Waals surface area contributed by atoms with E-state index in [1.54, 1.807) is 44.7 Å². The van der Waals surface area contributed by atoms with Crippen molar-refractivity contribution < 1.29 is 23.9 Å². The third-order valence-corrected chi connectivity index (χ3v) is 5.41. The molecule has 0 N–H and O–H groups in total. The van der Waals surface area contributed by atoms with Crippen LogP contribution in [0.15, 0.2) is 30.3 Å². The fourth-order valence-corrected chi connectivity index (χ4v) is 4.17. The molecular formula is C22H30N2O5. The molecule has 1 unspecified atom stereocenters. The number of nitrogens with zero attached hydrogens (tertiary/aromatic N) is 2. The van der Waals surface area contributed by atoms with Crippen molar-refractivity contribution in [1.29, 1.82) is 0 Å². The number of carbonyl (C=O) groups is 3. The van der Waals surface area contributed by atoms with E-state index >= 15 is 0 Å². The maximum absolute atomic E-state index is 13.0. The van der Waals surface area contributed by atoms with Crippen molar-refractivity contribution >= 4 is 18.0 Å². The number of esters is 1. The van der Waals surface area contributed by atoms with Crippen molar-refractivity contribution in [3.63, 3.8) is 0 Å². The lowest BCUT2D eigenvalue weighted by Crippen LogP contribution is -2.54. The number of amides is 2. The molecule has 0 spiro atoms. The maximum atomic E-state index is 13.0. The lowest BCUT2D eigenvalue weighted by Gasteiger charge is -2.39. The zero-order valence-electron chi connectivity index (χ0n) is 17.6. The van der Waals surface area contributed by atoms with Crippen molar-refractivity contribution in [2.75, 3.05) is 19.7 Å². The van der Waals surface area contributed by atoms with E-state index in [2.05, 4.69) is 0 Å². The van der Waals surface area contributed by atoms with Crippen molar-refractivity contribution in [3.8, 4) is 0 Å². The second-order valence-electron chi connectivity index (χ2n) is 8.62. The van der Waals surface area contributed by atoms with Crippen LogP contribution >= 0.6 is 0 Å². The van der Waals surface area contributed by atoms with Crippen molar-refractivity contribution in [2.24, 2.45) is 5.92 Å². The molecule has 3 rings (SSSR count). The second kappa shape index (κ2) is 8.43. The number of ether oxygens (including phenoxy) is 2. The molecule has 158 valence electrons. The fraction of sp³-hybridized carbons (Fsp3) is 0.591. The van der Waals surface area contributed by atoms with Crippen LogP contribution in [0.25, 0.3) is 0 Å². The predicted octanol–water partition coefficient (Wildman–Crippen LogP) is 3.09. The molecule has 2 aliphatic rings. The molecule has 0 aromatic heterocycles. The van der Waals surface area contributed by atoms with Crippen LogP contribution in [0.3, 0.4) is 0 Å². The minimum atomic E-state index is -0.678. The number of rotatable bonds is 3. The summed E-state index contributed by atoms with van der Waals surface area (Å²) in [7, 11) is 0. The van der Waals surface area contributed by atoms with E-state index in [-0.39, 0.29) is 24.5 Å². The lowest BCUT2D eigenvalue weighted by molar-refractivity contribution is -0.148. The van der Waals surface area contributed by atoms with E-state index in [4.69, 9.17) is 9.47 Å². The molecule has 1 aromatic rings. The number of hydrogen-bond acceptors (Lipinski definition) is 5. The highest BCUT2D eigenvalue weighted by Gasteiger charge is 2.51. The molecular weight excluding hydrogens is 372 g/mol. The molecule has 2 saturated heterocycles. The molecule has 2 fully saturated rings. The summed E-state index contributed by atoms with van der Waals surface area (Å²) in [6.45, 7) is 8.38. The van der Waals surface area contributed by atoms with Gasteiger partial charge in [0.05, 0.1) is 12.6 Å². The molecule has 0 saturated carbocycles. The Labute approximate surface area is 171 Å². The zero-order chi connectivity index (χ0) is 21.2. The van der Waals surface area contributed by atoms with Gasteiger partial charge in [0.25, 0.3) is 5.91 Å². The van der Waals surface area contributed by atoms with Crippen LogP contribution in [0.5, 0.6) is 0 Å². The van der Waals surface area contributed by atoms with Gasteiger partial charge in [-0.25, -0.2) is 9.59 Å². The van der Waals surface area contributed by atoms with Crippen LogP contribution in [0.4, 0.5) is 4.79 Å². The molecule has 29 heavy (non-hydrogen) atoms. The molecule has 1 aromatic carbocycles. The van der Waals surface area contributed by atoms with E-state index in [0.29, 0.717) is 25.1 Å². The number of fused-ring (bicyclic) bond motifs is 1. The number of piperidine rings is 1. The standard InChI is InChI=1S/C22H30N2O5/c1-5-28-20(26)17-13-16-11-12-23(19(25)15-9-7-6-8-10-15)14-18(16)24(17)21(27)29-22(2,3)4/h6-10,16-18H,5,11-14H2,1-4H3/t16-,17?,18-/m0/s1. The van der Waals surface area contributed by atoms with Gasteiger partial charge in [-0.1, -0.05) is 18.2 Å². The van der Waals surface area contributed by atoms with E-state index in [0.717, 1.165) is 6.42 Å². The number of hydrogen-bond donors (Lipinski definition) is 0. The molecule has 0 radical (unpaired) electrons. The SMILES string of the molecule is CCOC(=O)C1C[C@@H]2CCN(C(=O)c3ccccc3)C[C@@H]2N1C(=O)OC(C)(C)C. The van der Waals surface area contributed by atoms with E-state index < -0.39 is 23.7 Å². The Kier molecular flexibility index (Phi) is 6.15. The Morgan fingerprint density at radius 2 is 1.83 bits per heavy atom. The van der Waals surface area contributed by atoms with Gasteiger partial charge in [0.2, 0.25) is 0 Å². The Bertz CT molecular complexity index is 758. The summed E-state index contributed by atoms with van der Waals surface area (Å²) in [6, 6.07) is 8.17. The third kappa shape index (κ3) is 4.71. The smallest absolute Gasteiger partial charge is 0.411 e. The first-order valence-electron chi connectivity index (χ1n) is 10.2. The Hall–Kier alpha value is -2.57. The van der Waals surface area contributed by atoms with Gasteiger partial charge in [0.15, 0.2) is 0 Å². The molecule has 2 heterocycles. The van der Waals surface area contributed by atoms with Crippen LogP contribution in [-0.2, 0) is 14.3 Å². The first kappa shape index (κ1) is 21.1. The van der Waals surface area contributed by atoms with Gasteiger partial charge in [-0.3, -0.25) is 9.69 Å². The average Bonchev–Trinajstić information content (AvgIpc) is 3.06. The number of carbonyl (C=O) groups excluding carboxylic acids is 3. The van der Waals surface area contributed by atoms with Crippen LogP contribution in [-0.4, -0.2) is 65.2 Å². The summed E-state index contributed by atoms with van der Waals surface area (Å²) in [5.74, 6) is -0.335. The van der Waals surface area contributed by atoms with Gasteiger partial charge in [-0.05, 0) is 58.6 Å². The summed E-state index contributed by atoms with van der Waals surface area (Å²) < 4.78 is 10.8. The minimum absolute atomic E-state index is 0.0622. The molecule has 2 aliphatic heterocycles. The van der Waals surface area contributed by atoms with Crippen molar-refractivity contribution in [1.82, 2.24) is 9.80 Å². The first-order chi connectivity index (χ1) is 13.7. The van der Waals surface area contributed by atoms with E-state index in [9.17, 15) is 14.4 Å². The quantitative estimate of drug-likeness (QED) is 0.726. The predicted molar refractivity (Wildman–Crippen MR) is 107 cm³/mol. The number of benzene rings is 1. The highest BCUT2D eigenvalue weighted by atomic mass is 16.6. The second-order valence-corrected chi connectivity index (χ2v) is 8.62. The summed E-state index contributed by atoms with van der Waals surface area (Å²) in [5.41, 5.74) is -0.0579. The van der Waals surface area contributed by atoms with Gasteiger partial charge in [0.1, 0.15) is 11.6 Å². The molecule has 7 nitrogen and oxygen atoms in total. The molecule has 3 atom stereocenters. The molecule has 2 amide bonds. The normalized spacial score (nSPS) is 24.1. The summed E-state index contributed by atoms with van der Waals surface area (Å²) in [5, 5.41) is 0. The van der Waals surface area contributed by atoms with Crippen LogP contribution < -0.4 is 0 Å². The molecule has 0 aliphatic carbocycles. The Morgan fingerprint density at radius 3 is 2.45 bits per heavy atom. The summed E-state index contributed by atoms with van der Waals surface area (Å²) in [6.07, 6.45) is 0.742. The fourth-order valence-electron chi connectivity index (χ4n) is 4.17. The lowest BCUT2D eigenvalue weighted by atomic mass is 9.91. The van der Waals surface area contributed by atoms with Crippen LogP contribution in [0.2, 0.25) is 0 Å². The monoisotopic (exact) mass is 402 g/mol. The summed E-state index contributed by atoms with van der Waals surface area (Å²) in [4.78, 5) is 41.7. The van der Waals surface area contributed by atoms with Crippen LogP contribution in [0, 0.1) is 5.92 Å². The largest absolute Gasteiger partial charge is 0.464 e. The Balaban J connectivity index is 1.82. The van der Waals surface area contributed by atoms with Gasteiger partial charge < -0.3 is 14.4 Å². The first-order valence-corrected chi connectivity index (χ1v) is 10.2. The van der Waals surface area contributed by atoms with Gasteiger partial charge in [-0.2, -0.15) is 0 Å². The average molecular weight is 402 g/mol. The maximum Gasteiger partial charge on any atom is 0.411 e. The highest BCUT2D eigenvalue weighted by molar-refractivity contribution is 5.94. The van der Waals surface area contributed by atoms with Gasteiger partial charge in [-0.15, -0.1) is 0 Å². The van der Waals surface area contributed by atoms with Crippen LogP contribution in [0.1, 0.15) is 50.9 Å². The third-order valence-electron chi connectivity index (χ3n) is 5.41. The topological polar surface area (TPSA) is 76.2 Å². The molecule has 0 bridgehead atoms. The van der Waals surface area contributed by atoms with Gasteiger partial charge >= 0.3 is 12.1 Å². The zero-order valence-corrected chi connectivity index (χ0v) is 17.6. The van der Waals surface area contributed by atoms with E-state index in [1.807, 2.05) is 18.2 Å². The van der Waals surface area contributed by atoms with Crippen molar-refractivity contribution in [3.05, 3.63) is 35.9 Å².